The molecule has 2 aromatic rings. The first-order valence-corrected chi connectivity index (χ1v) is 6.25. The highest BCUT2D eigenvalue weighted by molar-refractivity contribution is 6.01. The highest BCUT2D eigenvalue weighted by atomic mass is 16.5. The number of rotatable bonds is 4. The summed E-state index contributed by atoms with van der Waals surface area (Å²) in [5.41, 5.74) is 6.26. The Kier molecular flexibility index (Phi) is 4.15. The summed E-state index contributed by atoms with van der Waals surface area (Å²) < 4.78 is 6.02. The molecular weight excluding hydrogens is 274 g/mol. The van der Waals surface area contributed by atoms with Crippen LogP contribution in [0.2, 0.25) is 0 Å². The first-order valence-electron chi connectivity index (χ1n) is 6.25. The smallest absolute Gasteiger partial charge is 0.323 e. The SMILES string of the molecule is CCOC(=O)Cc1c(N=C=O)c2ccccc2n1C(N)=O. The van der Waals surface area contributed by atoms with Gasteiger partial charge in [-0.2, -0.15) is 4.99 Å². The summed E-state index contributed by atoms with van der Waals surface area (Å²) in [6, 6.07) is 6.01. The van der Waals surface area contributed by atoms with Gasteiger partial charge in [-0.3, -0.25) is 9.36 Å². The maximum atomic E-state index is 11.7. The number of nitrogens with zero attached hydrogens (tertiary/aromatic N) is 2. The molecule has 0 unspecified atom stereocenters. The van der Waals surface area contributed by atoms with Crippen molar-refractivity contribution in [2.75, 3.05) is 6.61 Å². The van der Waals surface area contributed by atoms with E-state index in [1.54, 1.807) is 31.2 Å². The van der Waals surface area contributed by atoms with Gasteiger partial charge >= 0.3 is 12.0 Å². The minimum absolute atomic E-state index is 0.201. The van der Waals surface area contributed by atoms with Gasteiger partial charge in [0.05, 0.1) is 24.2 Å². The maximum absolute atomic E-state index is 11.7. The fraction of sp³-hybridized carbons (Fsp3) is 0.214. The molecule has 0 atom stereocenters. The van der Waals surface area contributed by atoms with Gasteiger partial charge in [-0.25, -0.2) is 9.59 Å². The minimum Gasteiger partial charge on any atom is -0.466 e. The number of nitrogens with two attached hydrogens (primary N) is 1. The number of hydrogen-bond donors (Lipinski definition) is 1. The molecular formula is C14H13N3O4. The lowest BCUT2D eigenvalue weighted by Gasteiger charge is -2.06. The van der Waals surface area contributed by atoms with Crippen molar-refractivity contribution >= 4 is 34.7 Å². The Morgan fingerprint density at radius 1 is 1.38 bits per heavy atom. The molecule has 1 amide bonds. The van der Waals surface area contributed by atoms with Gasteiger partial charge in [-0.15, -0.1) is 0 Å². The number of primary amides is 1. The highest BCUT2D eigenvalue weighted by Gasteiger charge is 2.22. The monoisotopic (exact) mass is 287 g/mol. The summed E-state index contributed by atoms with van der Waals surface area (Å²) in [5, 5.41) is 0.541. The minimum atomic E-state index is -0.766. The third-order valence-electron chi connectivity index (χ3n) is 2.94. The molecule has 108 valence electrons. The normalized spacial score (nSPS) is 10.1. The van der Waals surface area contributed by atoms with Crippen molar-refractivity contribution in [3.8, 4) is 0 Å². The second-order valence-electron chi connectivity index (χ2n) is 4.17. The Balaban J connectivity index is 2.72. The molecule has 21 heavy (non-hydrogen) atoms. The van der Waals surface area contributed by atoms with E-state index < -0.39 is 12.0 Å². The van der Waals surface area contributed by atoms with Crippen LogP contribution in [0.4, 0.5) is 10.5 Å². The molecule has 2 rings (SSSR count). The fourth-order valence-electron chi connectivity index (χ4n) is 2.21. The molecule has 0 aliphatic heterocycles. The lowest BCUT2D eigenvalue weighted by Crippen LogP contribution is -2.23. The molecule has 0 spiro atoms. The lowest BCUT2D eigenvalue weighted by atomic mass is 10.2. The Morgan fingerprint density at radius 3 is 2.71 bits per heavy atom. The molecule has 0 saturated carbocycles. The Labute approximate surface area is 120 Å². The van der Waals surface area contributed by atoms with Crippen molar-refractivity contribution in [3.05, 3.63) is 30.0 Å². The van der Waals surface area contributed by atoms with Crippen molar-refractivity contribution in [2.45, 2.75) is 13.3 Å². The predicted molar refractivity (Wildman–Crippen MR) is 75.0 cm³/mol. The zero-order valence-corrected chi connectivity index (χ0v) is 11.3. The van der Waals surface area contributed by atoms with Crippen molar-refractivity contribution < 1.29 is 19.1 Å². The summed E-state index contributed by atoms with van der Waals surface area (Å²) in [5.74, 6) is -0.537. The average Bonchev–Trinajstić information content (AvgIpc) is 2.74. The molecule has 7 nitrogen and oxygen atoms in total. The number of amides is 1. The van der Waals surface area contributed by atoms with E-state index in [0.717, 1.165) is 4.57 Å². The van der Waals surface area contributed by atoms with Crippen LogP contribution in [0.1, 0.15) is 12.6 Å². The number of isocyanates is 1. The van der Waals surface area contributed by atoms with E-state index in [4.69, 9.17) is 10.5 Å². The Bertz CT molecular complexity index is 718. The van der Waals surface area contributed by atoms with Gasteiger partial charge in [-0.05, 0) is 13.0 Å². The number of benzene rings is 1. The summed E-state index contributed by atoms with van der Waals surface area (Å²) >= 11 is 0. The molecule has 0 saturated heterocycles. The summed E-state index contributed by atoms with van der Waals surface area (Å²) in [4.78, 5) is 37.6. The quantitative estimate of drug-likeness (QED) is 0.524. The standard InChI is InChI=1S/C14H13N3O4/c1-2-21-12(19)7-11-13(16-8-18)9-5-3-4-6-10(9)17(11)14(15)20/h3-6H,2,7H2,1H3,(H2,15,20). The molecule has 2 N–H and O–H groups in total. The summed E-state index contributed by atoms with van der Waals surface area (Å²) in [7, 11) is 0. The van der Waals surface area contributed by atoms with Crippen molar-refractivity contribution in [2.24, 2.45) is 10.7 Å². The number of aromatic nitrogens is 1. The molecule has 0 bridgehead atoms. The zero-order chi connectivity index (χ0) is 15.4. The third-order valence-corrected chi connectivity index (χ3v) is 2.94. The number of ether oxygens (including phenoxy) is 1. The second-order valence-corrected chi connectivity index (χ2v) is 4.17. The van der Waals surface area contributed by atoms with Gasteiger partial charge in [0, 0.05) is 5.39 Å². The van der Waals surface area contributed by atoms with Gasteiger partial charge in [0.2, 0.25) is 6.08 Å². The highest BCUT2D eigenvalue weighted by Crippen LogP contribution is 2.33. The number of para-hydroxylation sites is 1. The molecule has 0 aliphatic rings. The van der Waals surface area contributed by atoms with Crippen LogP contribution in [-0.2, 0) is 20.7 Å². The lowest BCUT2D eigenvalue weighted by molar-refractivity contribution is -0.142. The maximum Gasteiger partial charge on any atom is 0.323 e. The molecule has 0 aliphatic carbocycles. The number of fused-ring (bicyclic) bond motifs is 1. The summed E-state index contributed by atoms with van der Waals surface area (Å²) in [6.07, 6.45) is 1.22. The molecule has 1 aromatic carbocycles. The topological polar surface area (TPSA) is 104 Å². The number of hydrogen-bond acceptors (Lipinski definition) is 5. The number of esters is 1. The van der Waals surface area contributed by atoms with E-state index in [1.807, 2.05) is 0 Å². The van der Waals surface area contributed by atoms with Crippen LogP contribution in [0.3, 0.4) is 0 Å². The van der Waals surface area contributed by atoms with E-state index in [1.165, 1.54) is 6.08 Å². The van der Waals surface area contributed by atoms with Crippen LogP contribution in [-0.4, -0.2) is 29.3 Å². The van der Waals surface area contributed by atoms with Crippen LogP contribution >= 0.6 is 0 Å². The number of carbonyl (C=O) groups excluding carboxylic acids is 3. The fourth-order valence-corrected chi connectivity index (χ4v) is 2.21. The molecule has 7 heteroatoms. The van der Waals surface area contributed by atoms with Gasteiger partial charge in [0.25, 0.3) is 0 Å². The van der Waals surface area contributed by atoms with Gasteiger partial charge in [0.15, 0.2) is 0 Å². The summed E-state index contributed by atoms with van der Waals surface area (Å²) in [6.45, 7) is 1.88. The molecule has 0 fully saturated rings. The molecule has 0 radical (unpaired) electrons. The van der Waals surface area contributed by atoms with E-state index >= 15 is 0 Å². The molecule has 1 heterocycles. The zero-order valence-electron chi connectivity index (χ0n) is 11.3. The van der Waals surface area contributed by atoms with Crippen LogP contribution in [0.5, 0.6) is 0 Å². The van der Waals surface area contributed by atoms with E-state index in [2.05, 4.69) is 4.99 Å². The number of aliphatic imine (C=N–C) groups is 1. The van der Waals surface area contributed by atoms with Gasteiger partial charge < -0.3 is 10.5 Å². The second kappa shape index (κ2) is 6.02. The van der Waals surface area contributed by atoms with Crippen LogP contribution in [0.25, 0.3) is 10.9 Å². The average molecular weight is 287 g/mol. The van der Waals surface area contributed by atoms with E-state index in [-0.39, 0.29) is 24.4 Å². The van der Waals surface area contributed by atoms with Gasteiger partial charge in [0.1, 0.15) is 5.69 Å². The van der Waals surface area contributed by atoms with Gasteiger partial charge in [-0.1, -0.05) is 18.2 Å². The van der Waals surface area contributed by atoms with E-state index in [0.29, 0.717) is 10.9 Å². The number of carbonyl (C=O) groups is 2. The van der Waals surface area contributed by atoms with Crippen molar-refractivity contribution in [1.29, 1.82) is 0 Å². The van der Waals surface area contributed by atoms with E-state index in [9.17, 15) is 14.4 Å². The Hall–Kier alpha value is -2.92. The Morgan fingerprint density at radius 2 is 2.10 bits per heavy atom. The van der Waals surface area contributed by atoms with Crippen molar-refractivity contribution in [3.63, 3.8) is 0 Å². The first-order chi connectivity index (χ1) is 10.1. The molecule has 1 aromatic heterocycles. The van der Waals surface area contributed by atoms with Crippen molar-refractivity contribution in [1.82, 2.24) is 4.57 Å². The predicted octanol–water partition coefficient (Wildman–Crippen LogP) is 1.64. The first kappa shape index (κ1) is 14.5. The third kappa shape index (κ3) is 2.68. The van der Waals surface area contributed by atoms with Crippen LogP contribution in [0, 0.1) is 0 Å². The van der Waals surface area contributed by atoms with Crippen LogP contribution < -0.4 is 5.73 Å². The largest absolute Gasteiger partial charge is 0.466 e. The van der Waals surface area contributed by atoms with Crippen LogP contribution in [0.15, 0.2) is 29.3 Å².